The molecule has 102 valence electrons. The van der Waals surface area contributed by atoms with Crippen molar-refractivity contribution in [2.45, 2.75) is 51.6 Å². The summed E-state index contributed by atoms with van der Waals surface area (Å²) in [5.74, 6) is 0.703. The second-order valence-electron chi connectivity index (χ2n) is 6.07. The average Bonchev–Trinajstić information content (AvgIpc) is 2.90. The quantitative estimate of drug-likeness (QED) is 0.924. The van der Waals surface area contributed by atoms with Gasteiger partial charge >= 0.3 is 0 Å². The average molecular weight is 293 g/mol. The van der Waals surface area contributed by atoms with E-state index in [1.54, 1.807) is 11.3 Å². The first-order valence-electron chi connectivity index (χ1n) is 6.66. The summed E-state index contributed by atoms with van der Waals surface area (Å²) in [6.07, 6.45) is 4.52. The Balaban J connectivity index is 1.85. The molecule has 0 aliphatic heterocycles. The molecule has 0 radical (unpaired) electrons. The maximum Gasteiger partial charge on any atom is 0.135 e. The van der Waals surface area contributed by atoms with Gasteiger partial charge in [0, 0.05) is 29.1 Å². The lowest BCUT2D eigenvalue weighted by Crippen LogP contribution is -2.35. The van der Waals surface area contributed by atoms with Crippen LogP contribution in [0.5, 0.6) is 0 Å². The third-order valence-electron chi connectivity index (χ3n) is 3.11. The molecule has 1 fully saturated rings. The van der Waals surface area contributed by atoms with E-state index in [1.807, 2.05) is 23.0 Å². The van der Waals surface area contributed by atoms with Gasteiger partial charge in [0.2, 0.25) is 0 Å². The minimum atomic E-state index is 0.148. The topological polar surface area (TPSA) is 37.8 Å². The Bertz CT molecular complexity index is 548. The SMILES string of the molecule is CC(C)(C)NCc1sc(-c2cncs2)nc1C1CC1. The highest BCUT2D eigenvalue weighted by molar-refractivity contribution is 7.20. The first kappa shape index (κ1) is 13.2. The lowest BCUT2D eigenvalue weighted by atomic mass is 10.1. The number of thiazole rings is 2. The third kappa shape index (κ3) is 3.22. The predicted molar refractivity (Wildman–Crippen MR) is 81.8 cm³/mol. The zero-order chi connectivity index (χ0) is 13.5. The van der Waals surface area contributed by atoms with Crippen LogP contribution >= 0.6 is 22.7 Å². The molecule has 0 amide bonds. The van der Waals surface area contributed by atoms with Crippen LogP contribution in [-0.4, -0.2) is 15.5 Å². The summed E-state index contributed by atoms with van der Waals surface area (Å²) in [5.41, 5.74) is 3.35. The van der Waals surface area contributed by atoms with Crippen LogP contribution < -0.4 is 5.32 Å². The van der Waals surface area contributed by atoms with Crippen molar-refractivity contribution in [2.75, 3.05) is 0 Å². The van der Waals surface area contributed by atoms with E-state index < -0.39 is 0 Å². The standard InChI is InChI=1S/C14H19N3S2/c1-14(2,3)16-7-10-12(9-4-5-9)17-13(19-10)11-6-15-8-18-11/h6,8-9,16H,4-5,7H2,1-3H3. The second-order valence-corrected chi connectivity index (χ2v) is 8.04. The van der Waals surface area contributed by atoms with Gasteiger partial charge in [-0.2, -0.15) is 0 Å². The monoisotopic (exact) mass is 293 g/mol. The van der Waals surface area contributed by atoms with Crippen molar-refractivity contribution in [2.24, 2.45) is 0 Å². The van der Waals surface area contributed by atoms with E-state index in [9.17, 15) is 0 Å². The molecular weight excluding hydrogens is 274 g/mol. The van der Waals surface area contributed by atoms with Crippen molar-refractivity contribution < 1.29 is 0 Å². The van der Waals surface area contributed by atoms with Crippen LogP contribution in [0, 0.1) is 0 Å². The number of hydrogen-bond donors (Lipinski definition) is 1. The highest BCUT2D eigenvalue weighted by Gasteiger charge is 2.30. The van der Waals surface area contributed by atoms with Gasteiger partial charge in [-0.1, -0.05) is 0 Å². The van der Waals surface area contributed by atoms with Crippen molar-refractivity contribution in [3.8, 4) is 9.88 Å². The number of nitrogens with one attached hydrogen (secondary N) is 1. The Morgan fingerprint density at radius 3 is 2.74 bits per heavy atom. The molecule has 3 nitrogen and oxygen atoms in total. The number of nitrogens with zero attached hydrogens (tertiary/aromatic N) is 2. The van der Waals surface area contributed by atoms with Crippen LogP contribution in [-0.2, 0) is 6.54 Å². The van der Waals surface area contributed by atoms with Gasteiger partial charge in [-0.25, -0.2) is 4.98 Å². The number of aromatic nitrogens is 2. The Morgan fingerprint density at radius 2 is 2.16 bits per heavy atom. The first-order valence-corrected chi connectivity index (χ1v) is 8.36. The lowest BCUT2D eigenvalue weighted by Gasteiger charge is -2.20. The molecule has 19 heavy (non-hydrogen) atoms. The van der Waals surface area contributed by atoms with Crippen LogP contribution in [0.4, 0.5) is 0 Å². The molecule has 1 aliphatic carbocycles. The smallest absolute Gasteiger partial charge is 0.135 e. The van der Waals surface area contributed by atoms with E-state index in [0.29, 0.717) is 5.92 Å². The van der Waals surface area contributed by atoms with E-state index in [2.05, 4.69) is 31.1 Å². The zero-order valence-corrected chi connectivity index (χ0v) is 13.2. The fourth-order valence-electron chi connectivity index (χ4n) is 1.94. The van der Waals surface area contributed by atoms with Crippen LogP contribution in [0.3, 0.4) is 0 Å². The van der Waals surface area contributed by atoms with Crippen molar-refractivity contribution >= 4 is 22.7 Å². The molecule has 0 bridgehead atoms. The third-order valence-corrected chi connectivity index (χ3v) is 5.13. The molecule has 1 aliphatic rings. The normalized spacial score (nSPS) is 15.9. The van der Waals surface area contributed by atoms with Crippen LogP contribution in [0.25, 0.3) is 9.88 Å². The molecule has 0 atom stereocenters. The Labute approximate surface area is 122 Å². The molecule has 0 saturated heterocycles. The van der Waals surface area contributed by atoms with Gasteiger partial charge in [-0.3, -0.25) is 4.98 Å². The van der Waals surface area contributed by atoms with Gasteiger partial charge in [0.1, 0.15) is 5.01 Å². The Morgan fingerprint density at radius 1 is 1.37 bits per heavy atom. The van der Waals surface area contributed by atoms with Crippen LogP contribution in [0.2, 0.25) is 0 Å². The zero-order valence-electron chi connectivity index (χ0n) is 11.6. The molecule has 1 saturated carbocycles. The molecule has 2 aromatic heterocycles. The molecule has 2 heterocycles. The predicted octanol–water partition coefficient (Wildman–Crippen LogP) is 4.03. The van der Waals surface area contributed by atoms with E-state index in [-0.39, 0.29) is 5.54 Å². The van der Waals surface area contributed by atoms with E-state index in [1.165, 1.54) is 28.3 Å². The largest absolute Gasteiger partial charge is 0.307 e. The lowest BCUT2D eigenvalue weighted by molar-refractivity contribution is 0.425. The highest BCUT2D eigenvalue weighted by Crippen LogP contribution is 2.44. The highest BCUT2D eigenvalue weighted by atomic mass is 32.1. The van der Waals surface area contributed by atoms with Crippen LogP contribution in [0.1, 0.15) is 50.1 Å². The minimum Gasteiger partial charge on any atom is -0.307 e. The molecule has 2 aromatic rings. The molecule has 0 spiro atoms. The van der Waals surface area contributed by atoms with E-state index >= 15 is 0 Å². The maximum absolute atomic E-state index is 4.86. The van der Waals surface area contributed by atoms with Gasteiger partial charge in [0.05, 0.1) is 16.1 Å². The fraction of sp³-hybridized carbons (Fsp3) is 0.571. The van der Waals surface area contributed by atoms with Gasteiger partial charge in [0.25, 0.3) is 0 Å². The Kier molecular flexibility index (Phi) is 3.45. The van der Waals surface area contributed by atoms with E-state index in [0.717, 1.165) is 11.6 Å². The Hall–Kier alpha value is -0.780. The summed E-state index contributed by atoms with van der Waals surface area (Å²) in [4.78, 5) is 11.6. The molecule has 0 aromatic carbocycles. The number of hydrogen-bond acceptors (Lipinski definition) is 5. The van der Waals surface area contributed by atoms with Crippen molar-refractivity contribution in [1.82, 2.24) is 15.3 Å². The summed E-state index contributed by atoms with van der Waals surface area (Å²) in [7, 11) is 0. The molecule has 5 heteroatoms. The summed E-state index contributed by atoms with van der Waals surface area (Å²) in [5, 5.41) is 4.71. The molecule has 3 rings (SSSR count). The van der Waals surface area contributed by atoms with Gasteiger partial charge in [-0.15, -0.1) is 22.7 Å². The second kappa shape index (κ2) is 4.96. The molecular formula is C14H19N3S2. The maximum atomic E-state index is 4.86. The fourth-order valence-corrected chi connectivity index (χ4v) is 3.70. The van der Waals surface area contributed by atoms with E-state index in [4.69, 9.17) is 4.98 Å². The van der Waals surface area contributed by atoms with Crippen LogP contribution in [0.15, 0.2) is 11.7 Å². The summed E-state index contributed by atoms with van der Waals surface area (Å²) >= 11 is 3.49. The molecule has 1 N–H and O–H groups in total. The summed E-state index contributed by atoms with van der Waals surface area (Å²) < 4.78 is 0. The summed E-state index contributed by atoms with van der Waals surface area (Å²) in [6.45, 7) is 7.53. The summed E-state index contributed by atoms with van der Waals surface area (Å²) in [6, 6.07) is 0. The van der Waals surface area contributed by atoms with Gasteiger partial charge in [-0.05, 0) is 33.6 Å². The van der Waals surface area contributed by atoms with Gasteiger partial charge < -0.3 is 5.32 Å². The molecule has 0 unspecified atom stereocenters. The van der Waals surface area contributed by atoms with Crippen molar-refractivity contribution in [1.29, 1.82) is 0 Å². The number of rotatable bonds is 4. The van der Waals surface area contributed by atoms with Crippen molar-refractivity contribution in [3.05, 3.63) is 22.3 Å². The first-order chi connectivity index (χ1) is 9.03. The van der Waals surface area contributed by atoms with Crippen molar-refractivity contribution in [3.63, 3.8) is 0 Å². The minimum absolute atomic E-state index is 0.148. The van der Waals surface area contributed by atoms with Gasteiger partial charge in [0.15, 0.2) is 0 Å².